The summed E-state index contributed by atoms with van der Waals surface area (Å²) in [4.78, 5) is 12.3. The number of aromatic nitrogens is 3. The highest BCUT2D eigenvalue weighted by molar-refractivity contribution is 9.10. The van der Waals surface area contributed by atoms with Gasteiger partial charge < -0.3 is 10.6 Å². The first-order valence-electron chi connectivity index (χ1n) is 5.96. The van der Waals surface area contributed by atoms with Crippen LogP contribution in [0.1, 0.15) is 13.3 Å². The van der Waals surface area contributed by atoms with Crippen molar-refractivity contribution in [3.63, 3.8) is 0 Å². The molecule has 106 valence electrons. The summed E-state index contributed by atoms with van der Waals surface area (Å²) in [7, 11) is 0. The molecule has 0 aliphatic rings. The Morgan fingerprint density at radius 3 is 2.65 bits per heavy atom. The molecule has 1 aromatic carbocycles. The van der Waals surface area contributed by atoms with E-state index in [2.05, 4.69) is 48.4 Å². The second-order valence-corrected chi connectivity index (χ2v) is 5.59. The number of anilines is 3. The summed E-state index contributed by atoms with van der Waals surface area (Å²) in [6, 6.07) is 5.45. The molecule has 0 spiro atoms. The first-order chi connectivity index (χ1) is 9.58. The zero-order valence-electron chi connectivity index (χ0n) is 10.6. The fourth-order valence-electron chi connectivity index (χ4n) is 1.44. The molecule has 0 aliphatic heterocycles. The maximum absolute atomic E-state index is 6.11. The van der Waals surface area contributed by atoms with Crippen LogP contribution in [0.2, 0.25) is 10.3 Å². The fourth-order valence-corrected chi connectivity index (χ4v) is 2.12. The minimum Gasteiger partial charge on any atom is -0.354 e. The van der Waals surface area contributed by atoms with Gasteiger partial charge in [0.15, 0.2) is 0 Å². The highest BCUT2D eigenvalue weighted by Gasteiger charge is 2.07. The van der Waals surface area contributed by atoms with Gasteiger partial charge in [0, 0.05) is 11.0 Å². The highest BCUT2D eigenvalue weighted by Crippen LogP contribution is 2.27. The molecule has 2 rings (SSSR count). The average Bonchev–Trinajstić information content (AvgIpc) is 2.40. The number of rotatable bonds is 5. The monoisotopic (exact) mass is 375 g/mol. The first-order valence-corrected chi connectivity index (χ1v) is 7.51. The number of halogens is 3. The van der Waals surface area contributed by atoms with E-state index in [0.29, 0.717) is 22.6 Å². The molecule has 0 fully saturated rings. The van der Waals surface area contributed by atoms with E-state index in [1.807, 2.05) is 12.1 Å². The fraction of sp³-hybridized carbons (Fsp3) is 0.250. The van der Waals surface area contributed by atoms with E-state index in [-0.39, 0.29) is 5.28 Å². The lowest BCUT2D eigenvalue weighted by atomic mass is 10.3. The van der Waals surface area contributed by atoms with Gasteiger partial charge in [-0.1, -0.05) is 34.5 Å². The van der Waals surface area contributed by atoms with E-state index >= 15 is 0 Å². The van der Waals surface area contributed by atoms with Gasteiger partial charge in [0.1, 0.15) is 0 Å². The van der Waals surface area contributed by atoms with E-state index in [4.69, 9.17) is 23.2 Å². The SMILES string of the molecule is CCCNc1nc(Cl)nc(Nc2cc(Br)ccc2Cl)n1. The lowest BCUT2D eigenvalue weighted by Gasteiger charge is -2.09. The Hall–Kier alpha value is -1.11. The number of hydrogen-bond acceptors (Lipinski definition) is 5. The lowest BCUT2D eigenvalue weighted by molar-refractivity contribution is 0.940. The third-order valence-electron chi connectivity index (χ3n) is 2.32. The van der Waals surface area contributed by atoms with Crippen LogP contribution in [0.15, 0.2) is 22.7 Å². The standard InChI is InChI=1S/C12H12BrCl2N5/c1-2-5-16-11-18-10(15)19-12(20-11)17-9-6-7(13)3-4-8(9)14/h3-4,6H,2,5H2,1H3,(H2,16,17,18,19,20). The average molecular weight is 377 g/mol. The Balaban J connectivity index is 2.24. The van der Waals surface area contributed by atoms with Gasteiger partial charge in [-0.2, -0.15) is 15.0 Å². The normalized spacial score (nSPS) is 10.4. The predicted molar refractivity (Wildman–Crippen MR) is 86.1 cm³/mol. The molecule has 2 N–H and O–H groups in total. The molecular formula is C12H12BrCl2N5. The Morgan fingerprint density at radius 1 is 1.15 bits per heavy atom. The molecule has 0 saturated heterocycles. The van der Waals surface area contributed by atoms with Crippen LogP contribution in [0.25, 0.3) is 0 Å². The molecule has 0 bridgehead atoms. The van der Waals surface area contributed by atoms with Gasteiger partial charge >= 0.3 is 0 Å². The second-order valence-electron chi connectivity index (χ2n) is 3.93. The van der Waals surface area contributed by atoms with E-state index in [9.17, 15) is 0 Å². The van der Waals surface area contributed by atoms with Crippen molar-refractivity contribution in [2.45, 2.75) is 13.3 Å². The molecule has 2 aromatic rings. The molecule has 0 saturated carbocycles. The number of nitrogens with one attached hydrogen (secondary N) is 2. The molecular weight excluding hydrogens is 365 g/mol. The van der Waals surface area contributed by atoms with Crippen molar-refractivity contribution in [2.24, 2.45) is 0 Å². The summed E-state index contributed by atoms with van der Waals surface area (Å²) in [6.45, 7) is 2.81. The van der Waals surface area contributed by atoms with Gasteiger partial charge in [-0.3, -0.25) is 0 Å². The summed E-state index contributed by atoms with van der Waals surface area (Å²) < 4.78 is 0.897. The Labute approximate surface area is 135 Å². The van der Waals surface area contributed by atoms with Gasteiger partial charge in [-0.15, -0.1) is 0 Å². The molecule has 0 amide bonds. The minimum atomic E-state index is 0.118. The zero-order chi connectivity index (χ0) is 14.5. The van der Waals surface area contributed by atoms with Gasteiger partial charge in [-0.25, -0.2) is 0 Å². The number of nitrogens with zero attached hydrogens (tertiary/aromatic N) is 3. The van der Waals surface area contributed by atoms with E-state index in [0.717, 1.165) is 17.4 Å². The predicted octanol–water partition coefficient (Wildman–Crippen LogP) is 4.51. The number of hydrogen-bond donors (Lipinski definition) is 2. The molecule has 20 heavy (non-hydrogen) atoms. The second kappa shape index (κ2) is 7.06. The zero-order valence-corrected chi connectivity index (χ0v) is 13.7. The molecule has 0 unspecified atom stereocenters. The summed E-state index contributed by atoms with van der Waals surface area (Å²) in [6.07, 6.45) is 0.962. The van der Waals surface area contributed by atoms with Crippen molar-refractivity contribution >= 4 is 56.7 Å². The van der Waals surface area contributed by atoms with Gasteiger partial charge in [0.05, 0.1) is 10.7 Å². The quantitative estimate of drug-likeness (QED) is 0.803. The first kappa shape index (κ1) is 15.3. The van der Waals surface area contributed by atoms with Gasteiger partial charge in [-0.05, 0) is 36.2 Å². The van der Waals surface area contributed by atoms with Crippen LogP contribution in [0.5, 0.6) is 0 Å². The molecule has 8 heteroatoms. The summed E-state index contributed by atoms with van der Waals surface area (Å²) in [5, 5.41) is 6.76. The van der Waals surface area contributed by atoms with Crippen LogP contribution in [-0.4, -0.2) is 21.5 Å². The van der Waals surface area contributed by atoms with Crippen molar-refractivity contribution < 1.29 is 0 Å². The number of benzene rings is 1. The maximum atomic E-state index is 6.11. The molecule has 0 atom stereocenters. The van der Waals surface area contributed by atoms with Gasteiger partial charge in [0.2, 0.25) is 17.2 Å². The van der Waals surface area contributed by atoms with Crippen LogP contribution in [-0.2, 0) is 0 Å². The van der Waals surface area contributed by atoms with E-state index < -0.39 is 0 Å². The lowest BCUT2D eigenvalue weighted by Crippen LogP contribution is -2.08. The van der Waals surface area contributed by atoms with Crippen LogP contribution in [0.4, 0.5) is 17.6 Å². The summed E-state index contributed by atoms with van der Waals surface area (Å²) >= 11 is 15.4. The minimum absolute atomic E-state index is 0.118. The Morgan fingerprint density at radius 2 is 1.90 bits per heavy atom. The largest absolute Gasteiger partial charge is 0.354 e. The van der Waals surface area contributed by atoms with Crippen molar-refractivity contribution in [1.82, 2.24) is 15.0 Å². The Kier molecular flexibility index (Phi) is 5.39. The van der Waals surface area contributed by atoms with Crippen molar-refractivity contribution in [3.8, 4) is 0 Å². The van der Waals surface area contributed by atoms with Crippen LogP contribution < -0.4 is 10.6 Å². The maximum Gasteiger partial charge on any atom is 0.233 e. The molecule has 1 aromatic heterocycles. The van der Waals surface area contributed by atoms with Crippen molar-refractivity contribution in [3.05, 3.63) is 33.0 Å². The van der Waals surface area contributed by atoms with E-state index in [1.54, 1.807) is 6.07 Å². The third-order valence-corrected chi connectivity index (χ3v) is 3.31. The molecule has 0 aliphatic carbocycles. The third kappa shape index (κ3) is 4.19. The van der Waals surface area contributed by atoms with Crippen molar-refractivity contribution in [1.29, 1.82) is 0 Å². The summed E-state index contributed by atoms with van der Waals surface area (Å²) in [5.41, 5.74) is 0.685. The molecule has 5 nitrogen and oxygen atoms in total. The van der Waals surface area contributed by atoms with Crippen molar-refractivity contribution in [2.75, 3.05) is 17.2 Å². The summed E-state index contributed by atoms with van der Waals surface area (Å²) in [5.74, 6) is 0.768. The van der Waals surface area contributed by atoms with Crippen LogP contribution in [0, 0.1) is 0 Å². The van der Waals surface area contributed by atoms with Crippen LogP contribution in [0.3, 0.4) is 0 Å². The smallest absolute Gasteiger partial charge is 0.233 e. The van der Waals surface area contributed by atoms with Gasteiger partial charge in [0.25, 0.3) is 0 Å². The molecule has 0 radical (unpaired) electrons. The van der Waals surface area contributed by atoms with E-state index in [1.165, 1.54) is 0 Å². The molecule has 1 heterocycles. The van der Waals surface area contributed by atoms with Crippen LogP contribution >= 0.6 is 39.1 Å². The Bertz CT molecular complexity index is 608. The highest BCUT2D eigenvalue weighted by atomic mass is 79.9. The topological polar surface area (TPSA) is 62.7 Å².